The van der Waals surface area contributed by atoms with E-state index in [9.17, 15) is 0 Å². The quantitative estimate of drug-likeness (QED) is 0.262. The fourth-order valence-corrected chi connectivity index (χ4v) is 1.26. The largest absolute Gasteiger partial charge is 0.396 e. The van der Waals surface area contributed by atoms with E-state index in [-0.39, 0.29) is 6.61 Å². The van der Waals surface area contributed by atoms with Gasteiger partial charge in [-0.15, -0.1) is 11.8 Å². The summed E-state index contributed by atoms with van der Waals surface area (Å²) in [5.41, 5.74) is 2.42. The maximum Gasteiger partial charge on any atom is 0.144 e. The molecule has 0 aromatic carbocycles. The molecule has 12 heavy (non-hydrogen) atoms. The second-order valence-corrected chi connectivity index (χ2v) is 3.07. The average Bonchev–Trinajstić information content (AvgIpc) is 2.15. The minimum atomic E-state index is 0.139. The molecule has 0 radical (unpaired) electrons. The first-order valence-corrected chi connectivity index (χ1v) is 4.37. The standard InChI is InChI=1S/C6H10N4OS/c7-10-5-3-6(9-4-8-5)12-2-1-11/h3-4,11H,1-2,7H2,(H,8,9,10). The van der Waals surface area contributed by atoms with Crippen molar-refractivity contribution in [2.75, 3.05) is 17.8 Å². The van der Waals surface area contributed by atoms with Gasteiger partial charge in [0.1, 0.15) is 17.2 Å². The predicted octanol–water partition coefficient (Wildman–Crippen LogP) is -0.153. The topological polar surface area (TPSA) is 84.1 Å². The molecule has 0 aliphatic heterocycles. The smallest absolute Gasteiger partial charge is 0.144 e. The van der Waals surface area contributed by atoms with Crippen LogP contribution in [0.2, 0.25) is 0 Å². The van der Waals surface area contributed by atoms with Gasteiger partial charge in [0.15, 0.2) is 0 Å². The maximum absolute atomic E-state index is 8.55. The van der Waals surface area contributed by atoms with Crippen molar-refractivity contribution in [2.24, 2.45) is 5.84 Å². The molecule has 0 saturated carbocycles. The number of rotatable bonds is 4. The SMILES string of the molecule is NNc1cc(SCCO)ncn1. The van der Waals surface area contributed by atoms with Crippen molar-refractivity contribution in [1.29, 1.82) is 0 Å². The highest BCUT2D eigenvalue weighted by atomic mass is 32.2. The minimum absolute atomic E-state index is 0.139. The Hall–Kier alpha value is -0.850. The normalized spacial score (nSPS) is 9.83. The average molecular weight is 186 g/mol. The molecular formula is C6H10N4OS. The van der Waals surface area contributed by atoms with Crippen molar-refractivity contribution >= 4 is 17.6 Å². The third-order valence-electron chi connectivity index (χ3n) is 1.13. The van der Waals surface area contributed by atoms with Gasteiger partial charge in [0.2, 0.25) is 0 Å². The molecule has 66 valence electrons. The van der Waals surface area contributed by atoms with Gasteiger partial charge in [-0.05, 0) is 0 Å². The number of anilines is 1. The third kappa shape index (κ3) is 2.65. The lowest BCUT2D eigenvalue weighted by Gasteiger charge is -2.00. The number of aromatic nitrogens is 2. The number of nitrogens with two attached hydrogens (primary N) is 1. The van der Waals surface area contributed by atoms with Crippen molar-refractivity contribution in [2.45, 2.75) is 5.03 Å². The van der Waals surface area contributed by atoms with Gasteiger partial charge in [-0.25, -0.2) is 15.8 Å². The van der Waals surface area contributed by atoms with Crippen LogP contribution in [0.4, 0.5) is 5.82 Å². The van der Waals surface area contributed by atoms with Crippen molar-refractivity contribution in [3.8, 4) is 0 Å². The maximum atomic E-state index is 8.55. The summed E-state index contributed by atoms with van der Waals surface area (Å²) in [5, 5.41) is 9.35. The first-order valence-electron chi connectivity index (χ1n) is 3.39. The molecule has 0 bridgehead atoms. The van der Waals surface area contributed by atoms with Gasteiger partial charge in [0.25, 0.3) is 0 Å². The van der Waals surface area contributed by atoms with E-state index >= 15 is 0 Å². The number of nitrogens with zero attached hydrogens (tertiary/aromatic N) is 2. The minimum Gasteiger partial charge on any atom is -0.396 e. The van der Waals surface area contributed by atoms with Gasteiger partial charge in [0, 0.05) is 11.8 Å². The number of nitrogens with one attached hydrogen (secondary N) is 1. The molecule has 1 aromatic heterocycles. The Bertz CT molecular complexity index is 245. The van der Waals surface area contributed by atoms with Crippen LogP contribution in [0.5, 0.6) is 0 Å². The molecule has 1 heterocycles. The van der Waals surface area contributed by atoms with Gasteiger partial charge < -0.3 is 10.5 Å². The number of hydrogen-bond donors (Lipinski definition) is 3. The molecular weight excluding hydrogens is 176 g/mol. The Balaban J connectivity index is 2.60. The van der Waals surface area contributed by atoms with Gasteiger partial charge in [-0.1, -0.05) is 0 Å². The zero-order chi connectivity index (χ0) is 8.81. The van der Waals surface area contributed by atoms with Crippen LogP contribution in [0.3, 0.4) is 0 Å². The molecule has 0 aliphatic carbocycles. The summed E-state index contributed by atoms with van der Waals surface area (Å²) in [6, 6.07) is 1.72. The van der Waals surface area contributed by atoms with Gasteiger partial charge in [-0.2, -0.15) is 0 Å². The van der Waals surface area contributed by atoms with Crippen LogP contribution in [0.1, 0.15) is 0 Å². The lowest BCUT2D eigenvalue weighted by atomic mass is 10.6. The van der Waals surface area contributed by atoms with Gasteiger partial charge in [0.05, 0.1) is 6.61 Å². The van der Waals surface area contributed by atoms with Crippen LogP contribution in [-0.2, 0) is 0 Å². The molecule has 1 aromatic rings. The van der Waals surface area contributed by atoms with Gasteiger partial charge >= 0.3 is 0 Å². The van der Waals surface area contributed by atoms with Crippen molar-refractivity contribution < 1.29 is 5.11 Å². The van der Waals surface area contributed by atoms with Crippen LogP contribution in [-0.4, -0.2) is 27.4 Å². The molecule has 0 amide bonds. The first-order chi connectivity index (χ1) is 5.86. The zero-order valence-corrected chi connectivity index (χ0v) is 7.21. The molecule has 0 unspecified atom stereocenters. The number of hydrogen-bond acceptors (Lipinski definition) is 6. The second-order valence-electron chi connectivity index (χ2n) is 1.96. The monoisotopic (exact) mass is 186 g/mol. The molecule has 0 spiro atoms. The van der Waals surface area contributed by atoms with E-state index in [2.05, 4.69) is 15.4 Å². The van der Waals surface area contributed by atoms with Crippen LogP contribution in [0.15, 0.2) is 17.4 Å². The third-order valence-corrected chi connectivity index (χ3v) is 2.04. The highest BCUT2D eigenvalue weighted by molar-refractivity contribution is 7.99. The lowest BCUT2D eigenvalue weighted by molar-refractivity contribution is 0.322. The number of thioether (sulfide) groups is 1. The van der Waals surface area contributed by atoms with E-state index in [1.54, 1.807) is 6.07 Å². The van der Waals surface area contributed by atoms with Crippen LogP contribution in [0.25, 0.3) is 0 Å². The Morgan fingerprint density at radius 1 is 1.58 bits per heavy atom. The first kappa shape index (κ1) is 9.24. The molecule has 6 heteroatoms. The number of aliphatic hydroxyl groups excluding tert-OH is 1. The van der Waals surface area contributed by atoms with E-state index in [0.717, 1.165) is 5.03 Å². The Morgan fingerprint density at radius 3 is 3.08 bits per heavy atom. The highest BCUT2D eigenvalue weighted by Crippen LogP contribution is 2.15. The summed E-state index contributed by atoms with van der Waals surface area (Å²) in [5.74, 6) is 6.35. The number of aliphatic hydroxyl groups is 1. The van der Waals surface area contributed by atoms with E-state index in [4.69, 9.17) is 10.9 Å². The highest BCUT2D eigenvalue weighted by Gasteiger charge is 1.96. The molecule has 0 atom stereocenters. The second kappa shape index (κ2) is 4.91. The van der Waals surface area contributed by atoms with Crippen LogP contribution >= 0.6 is 11.8 Å². The molecule has 0 fully saturated rings. The van der Waals surface area contributed by atoms with Crippen molar-refractivity contribution in [1.82, 2.24) is 9.97 Å². The zero-order valence-electron chi connectivity index (χ0n) is 6.40. The molecule has 0 saturated heterocycles. The number of nitrogen functional groups attached to an aromatic ring is 1. The van der Waals surface area contributed by atoms with E-state index in [0.29, 0.717) is 11.6 Å². The molecule has 5 nitrogen and oxygen atoms in total. The van der Waals surface area contributed by atoms with Crippen LogP contribution in [0, 0.1) is 0 Å². The van der Waals surface area contributed by atoms with E-state index in [1.807, 2.05) is 0 Å². The summed E-state index contributed by atoms with van der Waals surface area (Å²) in [6.07, 6.45) is 1.43. The Kier molecular flexibility index (Phi) is 3.78. The summed E-state index contributed by atoms with van der Waals surface area (Å²) in [7, 11) is 0. The fraction of sp³-hybridized carbons (Fsp3) is 0.333. The van der Waals surface area contributed by atoms with Crippen LogP contribution < -0.4 is 11.3 Å². The molecule has 4 N–H and O–H groups in total. The van der Waals surface area contributed by atoms with Crippen molar-refractivity contribution in [3.05, 3.63) is 12.4 Å². The summed E-state index contributed by atoms with van der Waals surface area (Å²) >= 11 is 1.45. The van der Waals surface area contributed by atoms with Gasteiger partial charge in [-0.3, -0.25) is 0 Å². The van der Waals surface area contributed by atoms with Crippen molar-refractivity contribution in [3.63, 3.8) is 0 Å². The summed E-state index contributed by atoms with van der Waals surface area (Å²) in [4.78, 5) is 7.81. The summed E-state index contributed by atoms with van der Waals surface area (Å²) < 4.78 is 0. The predicted molar refractivity (Wildman–Crippen MR) is 47.7 cm³/mol. The number of hydrazine groups is 1. The molecule has 0 aliphatic rings. The van der Waals surface area contributed by atoms with E-state index in [1.165, 1.54) is 18.1 Å². The fourth-order valence-electron chi connectivity index (χ4n) is 0.648. The summed E-state index contributed by atoms with van der Waals surface area (Å²) in [6.45, 7) is 0.139. The lowest BCUT2D eigenvalue weighted by Crippen LogP contribution is -2.08. The molecule has 1 rings (SSSR count). The Morgan fingerprint density at radius 2 is 2.42 bits per heavy atom. The van der Waals surface area contributed by atoms with E-state index < -0.39 is 0 Å². The Labute approximate surface area is 74.4 Å².